The lowest BCUT2D eigenvalue weighted by molar-refractivity contribution is -0.0517. The van der Waals surface area contributed by atoms with Crippen LogP contribution in [0.1, 0.15) is 10.4 Å². The molecule has 7 nitrogen and oxygen atoms in total. The number of anilines is 1. The zero-order valence-corrected chi connectivity index (χ0v) is 14.1. The maximum absolute atomic E-state index is 11.9. The highest BCUT2D eigenvalue weighted by atomic mass is 35.5. The minimum Gasteiger partial charge on any atom is -0.741 e. The first kappa shape index (κ1) is 21.4. The number of benzene rings is 2. The van der Waals surface area contributed by atoms with Crippen LogP contribution in [0.3, 0.4) is 0 Å². The average molecular weight is 408 g/mol. The van der Waals surface area contributed by atoms with E-state index < -0.39 is 15.6 Å². The summed E-state index contributed by atoms with van der Waals surface area (Å²) in [4.78, 5) is 14.9. The summed E-state index contributed by atoms with van der Waals surface area (Å²) in [5.41, 5.74) is -4.30. The van der Waals surface area contributed by atoms with Gasteiger partial charge in [0.25, 0.3) is 5.91 Å². The molecule has 0 aliphatic rings. The van der Waals surface area contributed by atoms with Crippen molar-refractivity contribution in [2.75, 3.05) is 5.32 Å². The first-order valence-corrected chi connectivity index (χ1v) is 8.27. The van der Waals surface area contributed by atoms with Crippen molar-refractivity contribution in [1.82, 2.24) is 0 Å². The number of rotatable bonds is 2. The molecule has 26 heavy (non-hydrogen) atoms. The number of carbonyl (C=O) groups excluding carboxylic acids is 1. The number of amides is 1. The van der Waals surface area contributed by atoms with Gasteiger partial charge in [0.05, 0.1) is 16.8 Å². The van der Waals surface area contributed by atoms with Crippen LogP contribution in [0, 0.1) is 5.39 Å². The van der Waals surface area contributed by atoms with Gasteiger partial charge in [0, 0.05) is 11.6 Å². The zero-order valence-electron chi connectivity index (χ0n) is 12.6. The van der Waals surface area contributed by atoms with Crippen molar-refractivity contribution in [3.63, 3.8) is 0 Å². The number of hydrogen-bond donors (Lipinski definition) is 1. The Morgan fingerprint density at radius 3 is 2.12 bits per heavy atom. The summed E-state index contributed by atoms with van der Waals surface area (Å²) in [6.07, 6.45) is 0. The van der Waals surface area contributed by atoms with Gasteiger partial charge in [-0.3, -0.25) is 4.79 Å². The molecule has 0 aliphatic carbocycles. The summed E-state index contributed by atoms with van der Waals surface area (Å²) in [6, 6.07) is 13.4. The lowest BCUT2D eigenvalue weighted by Gasteiger charge is -2.08. The van der Waals surface area contributed by atoms with Gasteiger partial charge in [-0.25, -0.2) is 8.42 Å². The standard InChI is InChI=1S/C13H8ClN3O.CHF3O3S/c14-11-8-10(17-15)6-7-12(11)16-13(18)9-4-2-1-3-5-9;2-1(3,4)8(5,6)7/h1-8H;(H,5,6,7). The van der Waals surface area contributed by atoms with E-state index in [2.05, 4.69) is 10.3 Å². The topological polar surface area (TPSA) is 114 Å². The van der Waals surface area contributed by atoms with Gasteiger partial charge in [-0.2, -0.15) is 13.2 Å². The van der Waals surface area contributed by atoms with Crippen molar-refractivity contribution in [3.8, 4) is 0 Å². The highest BCUT2D eigenvalue weighted by Gasteiger charge is 2.36. The van der Waals surface area contributed by atoms with E-state index in [1.165, 1.54) is 6.07 Å². The molecule has 2 rings (SSSR count). The predicted molar refractivity (Wildman–Crippen MR) is 86.3 cm³/mol. The van der Waals surface area contributed by atoms with Crippen LogP contribution in [0.2, 0.25) is 5.02 Å². The summed E-state index contributed by atoms with van der Waals surface area (Å²) in [6.45, 7) is 0. The Bertz CT molecular complexity index is 929. The van der Waals surface area contributed by atoms with Crippen LogP contribution in [0.25, 0.3) is 4.98 Å². The molecule has 0 heterocycles. The van der Waals surface area contributed by atoms with Gasteiger partial charge in [0.1, 0.15) is 0 Å². The Labute approximate surface area is 150 Å². The van der Waals surface area contributed by atoms with E-state index in [9.17, 15) is 18.0 Å². The monoisotopic (exact) mass is 407 g/mol. The molecule has 138 valence electrons. The fourth-order valence-corrected chi connectivity index (χ4v) is 1.67. The third kappa shape index (κ3) is 6.32. The summed E-state index contributed by atoms with van der Waals surface area (Å²) in [5, 5.41) is 11.6. The highest BCUT2D eigenvalue weighted by molar-refractivity contribution is 7.86. The lowest BCUT2D eigenvalue weighted by atomic mass is 10.2. The van der Waals surface area contributed by atoms with Crippen LogP contribution in [0.4, 0.5) is 24.5 Å². The second kappa shape index (κ2) is 8.61. The van der Waals surface area contributed by atoms with Crippen molar-refractivity contribution < 1.29 is 30.9 Å². The Morgan fingerprint density at radius 1 is 1.15 bits per heavy atom. The summed E-state index contributed by atoms with van der Waals surface area (Å²) in [5.74, 6) is -0.244. The number of alkyl halides is 3. The van der Waals surface area contributed by atoms with Gasteiger partial charge in [-0.1, -0.05) is 29.8 Å². The van der Waals surface area contributed by atoms with E-state index in [-0.39, 0.29) is 5.91 Å². The SMILES string of the molecule is N#[N+]c1ccc(NC(=O)c2ccccc2)c(Cl)c1.O=S(=O)([O-])C(F)(F)F. The summed E-state index contributed by atoms with van der Waals surface area (Å²) < 4.78 is 58.9. The molecule has 1 amide bonds. The molecule has 0 spiro atoms. The Balaban J connectivity index is 0.000000359. The third-order valence-corrected chi connectivity index (χ3v) is 3.52. The molecule has 0 unspecified atom stereocenters. The molecule has 0 radical (unpaired) electrons. The maximum atomic E-state index is 11.9. The second-order valence-corrected chi connectivity index (χ2v) is 6.26. The summed E-state index contributed by atoms with van der Waals surface area (Å²) in [7, 11) is -6.09. The van der Waals surface area contributed by atoms with E-state index in [0.717, 1.165) is 0 Å². The van der Waals surface area contributed by atoms with Gasteiger partial charge < -0.3 is 9.87 Å². The average Bonchev–Trinajstić information content (AvgIpc) is 2.56. The molecular formula is C14H9ClF3N3O4S. The molecular weight excluding hydrogens is 399 g/mol. The van der Waals surface area contributed by atoms with Crippen molar-refractivity contribution in [2.45, 2.75) is 5.51 Å². The van der Waals surface area contributed by atoms with Crippen LogP contribution in [-0.2, 0) is 10.1 Å². The fourth-order valence-electron chi connectivity index (χ4n) is 1.45. The Morgan fingerprint density at radius 2 is 1.69 bits per heavy atom. The number of hydrogen-bond acceptors (Lipinski definition) is 5. The number of carbonyl (C=O) groups is 1. The first-order valence-electron chi connectivity index (χ1n) is 6.49. The van der Waals surface area contributed by atoms with Crippen molar-refractivity contribution in [2.24, 2.45) is 0 Å². The van der Waals surface area contributed by atoms with Crippen LogP contribution < -0.4 is 5.32 Å². The van der Waals surface area contributed by atoms with E-state index in [4.69, 9.17) is 30.0 Å². The minimum atomic E-state index is -6.09. The van der Waals surface area contributed by atoms with Crippen LogP contribution in [0.5, 0.6) is 0 Å². The number of halogens is 4. The molecule has 0 fully saturated rings. The van der Waals surface area contributed by atoms with Crippen molar-refractivity contribution in [3.05, 3.63) is 64.1 Å². The molecule has 12 heteroatoms. The zero-order chi connectivity index (χ0) is 20.0. The van der Waals surface area contributed by atoms with Crippen LogP contribution >= 0.6 is 11.6 Å². The molecule has 0 bridgehead atoms. The molecule has 0 saturated heterocycles. The van der Waals surface area contributed by atoms with Gasteiger partial charge >= 0.3 is 11.2 Å². The normalized spacial score (nSPS) is 10.9. The molecule has 2 aromatic rings. The third-order valence-electron chi connectivity index (χ3n) is 2.64. The van der Waals surface area contributed by atoms with Crippen molar-refractivity contribution >= 4 is 39.0 Å². The molecule has 2 aromatic carbocycles. The second-order valence-electron chi connectivity index (χ2n) is 4.48. The smallest absolute Gasteiger partial charge is 0.485 e. The Kier molecular flexibility index (Phi) is 7.08. The molecule has 1 N–H and O–H groups in total. The largest absolute Gasteiger partial charge is 0.741 e. The van der Waals surface area contributed by atoms with Crippen LogP contribution in [0.15, 0.2) is 48.5 Å². The van der Waals surface area contributed by atoms with E-state index in [0.29, 0.717) is 22.0 Å². The predicted octanol–water partition coefficient (Wildman–Crippen LogP) is 4.13. The molecule has 0 saturated carbocycles. The lowest BCUT2D eigenvalue weighted by Crippen LogP contribution is -2.21. The van der Waals surface area contributed by atoms with Gasteiger partial charge in [0.2, 0.25) is 5.39 Å². The minimum absolute atomic E-state index is 0.244. The van der Waals surface area contributed by atoms with Gasteiger partial charge in [-0.15, -0.1) is 0 Å². The van der Waals surface area contributed by atoms with Gasteiger partial charge in [0.15, 0.2) is 15.1 Å². The van der Waals surface area contributed by atoms with Gasteiger partial charge in [-0.05, 0) is 18.2 Å². The van der Waals surface area contributed by atoms with E-state index in [1.54, 1.807) is 36.4 Å². The number of diazo groups is 1. The number of nitrogens with one attached hydrogen (secondary N) is 1. The molecule has 0 aliphatic heterocycles. The van der Waals surface area contributed by atoms with E-state index in [1.807, 2.05) is 6.07 Å². The quantitative estimate of drug-likeness (QED) is 0.456. The number of nitrogens with zero attached hydrogens (tertiary/aromatic N) is 2. The molecule has 0 aromatic heterocycles. The first-order chi connectivity index (χ1) is 12.0. The van der Waals surface area contributed by atoms with E-state index >= 15 is 0 Å². The molecule has 0 atom stereocenters. The highest BCUT2D eigenvalue weighted by Crippen LogP contribution is 2.27. The van der Waals surface area contributed by atoms with Crippen LogP contribution in [-0.4, -0.2) is 24.4 Å². The van der Waals surface area contributed by atoms with Crippen molar-refractivity contribution in [1.29, 1.82) is 5.39 Å². The fraction of sp³-hybridized carbons (Fsp3) is 0.0714. The summed E-state index contributed by atoms with van der Waals surface area (Å²) >= 11 is 5.95. The maximum Gasteiger partial charge on any atom is 0.485 e. The Hall–Kier alpha value is -2.68.